The first-order valence-corrected chi connectivity index (χ1v) is 6.62. The van der Waals surface area contributed by atoms with E-state index in [-0.39, 0.29) is 18.6 Å². The molecule has 17 heavy (non-hydrogen) atoms. The van der Waals surface area contributed by atoms with E-state index in [2.05, 4.69) is 36.1 Å². The third kappa shape index (κ3) is 6.31. The molecule has 2 heteroatoms. The van der Waals surface area contributed by atoms with Gasteiger partial charge in [0.05, 0.1) is 0 Å². The summed E-state index contributed by atoms with van der Waals surface area (Å²) in [6, 6.07) is 8.92. The van der Waals surface area contributed by atoms with E-state index < -0.39 is 0 Å². The number of hydrogen-bond acceptors (Lipinski definition) is 1. The Morgan fingerprint density at radius 2 is 1.47 bits per heavy atom. The Bertz CT molecular complexity index is 275. The molecule has 1 aromatic carbocycles. The number of aryl methyl sites for hydroxylation is 1. The smallest absolute Gasteiger partial charge is 0.0233 e. The maximum absolute atomic E-state index is 2.56. The van der Waals surface area contributed by atoms with E-state index in [0.717, 1.165) is 6.54 Å². The predicted octanol–water partition coefficient (Wildman–Crippen LogP) is 4.00. The van der Waals surface area contributed by atoms with Crippen molar-refractivity contribution in [2.24, 2.45) is 0 Å². The van der Waals surface area contributed by atoms with Crippen molar-refractivity contribution in [1.29, 1.82) is 0 Å². The molecule has 0 amide bonds. The molecule has 0 saturated carbocycles. The first kappa shape index (κ1) is 16.8. The number of benzene rings is 1. The van der Waals surface area contributed by atoms with E-state index in [1.807, 2.05) is 13.8 Å². The molecular formula is C15H25NV. The minimum Gasteiger partial charge on any atom is -0.299 e. The average molecular weight is 270 g/mol. The Morgan fingerprint density at radius 3 is 2.00 bits per heavy atom. The van der Waals surface area contributed by atoms with Crippen molar-refractivity contribution in [2.45, 2.75) is 46.6 Å². The summed E-state index contributed by atoms with van der Waals surface area (Å²) in [6.45, 7) is 9.85. The molecule has 0 spiro atoms. The van der Waals surface area contributed by atoms with Gasteiger partial charge in [-0.2, -0.15) is 0 Å². The summed E-state index contributed by atoms with van der Waals surface area (Å²) >= 11 is 0. The van der Waals surface area contributed by atoms with E-state index >= 15 is 0 Å². The predicted molar refractivity (Wildman–Crippen MR) is 71.7 cm³/mol. The molecule has 0 atom stereocenters. The summed E-state index contributed by atoms with van der Waals surface area (Å²) in [6.07, 6.45) is 4.18. The second-order valence-electron chi connectivity index (χ2n) is 4.32. The second-order valence-corrected chi connectivity index (χ2v) is 4.32. The molecule has 1 radical (unpaired) electrons. The molecule has 0 aromatic heterocycles. The van der Waals surface area contributed by atoms with Gasteiger partial charge < -0.3 is 0 Å². The molecule has 1 aliphatic rings. The van der Waals surface area contributed by atoms with Crippen LogP contribution < -0.4 is 0 Å². The standard InChI is InChI=1S/C13H19N.C2H6.V/c1-12-5-7-13(8-6-12)11-14-9-3-2-4-10-14;1-2;/h5-8H,2-4,9-11H2,1H3;1-2H3;. The molecule has 0 unspecified atom stereocenters. The number of rotatable bonds is 2. The van der Waals surface area contributed by atoms with Gasteiger partial charge in [-0.25, -0.2) is 0 Å². The first-order valence-electron chi connectivity index (χ1n) is 6.62. The summed E-state index contributed by atoms with van der Waals surface area (Å²) in [5.74, 6) is 0. The molecule has 0 aliphatic carbocycles. The van der Waals surface area contributed by atoms with Gasteiger partial charge in [-0.15, -0.1) is 0 Å². The van der Waals surface area contributed by atoms with Gasteiger partial charge in [0, 0.05) is 25.1 Å². The van der Waals surface area contributed by atoms with Crippen LogP contribution in [0.1, 0.15) is 44.2 Å². The molecule has 1 heterocycles. The molecule has 1 aromatic rings. The third-order valence-corrected chi connectivity index (χ3v) is 2.98. The first-order chi connectivity index (χ1) is 7.84. The van der Waals surface area contributed by atoms with Crippen LogP contribution in [0.2, 0.25) is 0 Å². The van der Waals surface area contributed by atoms with Crippen LogP contribution >= 0.6 is 0 Å². The summed E-state index contributed by atoms with van der Waals surface area (Å²) in [5, 5.41) is 0. The molecule has 1 aliphatic heterocycles. The zero-order valence-corrected chi connectivity index (χ0v) is 12.8. The van der Waals surface area contributed by atoms with Gasteiger partial charge >= 0.3 is 0 Å². The molecular weight excluding hydrogens is 245 g/mol. The Balaban J connectivity index is 0.000000811. The van der Waals surface area contributed by atoms with Crippen LogP contribution in [-0.4, -0.2) is 18.0 Å². The Hall–Kier alpha value is -0.236. The Kier molecular flexibility index (Phi) is 9.62. The van der Waals surface area contributed by atoms with Crippen molar-refractivity contribution >= 4 is 0 Å². The Morgan fingerprint density at radius 1 is 0.941 bits per heavy atom. The average Bonchev–Trinajstić information content (AvgIpc) is 2.36. The third-order valence-electron chi connectivity index (χ3n) is 2.98. The van der Waals surface area contributed by atoms with Crippen molar-refractivity contribution in [3.63, 3.8) is 0 Å². The van der Waals surface area contributed by atoms with Crippen molar-refractivity contribution in [1.82, 2.24) is 4.90 Å². The fourth-order valence-corrected chi connectivity index (χ4v) is 2.07. The van der Waals surface area contributed by atoms with Crippen LogP contribution in [0.5, 0.6) is 0 Å². The van der Waals surface area contributed by atoms with Gasteiger partial charge in [0.15, 0.2) is 0 Å². The summed E-state index contributed by atoms with van der Waals surface area (Å²) < 4.78 is 0. The van der Waals surface area contributed by atoms with E-state index in [4.69, 9.17) is 0 Å². The zero-order chi connectivity index (χ0) is 11.8. The Labute approximate surface area is 118 Å². The summed E-state index contributed by atoms with van der Waals surface area (Å²) in [7, 11) is 0. The van der Waals surface area contributed by atoms with Crippen molar-refractivity contribution in [2.75, 3.05) is 13.1 Å². The molecule has 0 N–H and O–H groups in total. The molecule has 0 bridgehead atoms. The van der Waals surface area contributed by atoms with Crippen molar-refractivity contribution < 1.29 is 18.6 Å². The van der Waals surface area contributed by atoms with E-state index in [1.54, 1.807) is 0 Å². The largest absolute Gasteiger partial charge is 0.299 e. The van der Waals surface area contributed by atoms with Gasteiger partial charge in [0.1, 0.15) is 0 Å². The van der Waals surface area contributed by atoms with Crippen LogP contribution in [0, 0.1) is 6.92 Å². The van der Waals surface area contributed by atoms with Crippen LogP contribution in [0.25, 0.3) is 0 Å². The SMILES string of the molecule is CC.Cc1ccc(CN2CCCCC2)cc1.[V]. The minimum absolute atomic E-state index is 0. The quantitative estimate of drug-likeness (QED) is 0.785. The van der Waals surface area contributed by atoms with Crippen molar-refractivity contribution in [3.8, 4) is 0 Å². The number of hydrogen-bond donors (Lipinski definition) is 0. The van der Waals surface area contributed by atoms with Gasteiger partial charge in [0.25, 0.3) is 0 Å². The van der Waals surface area contributed by atoms with Gasteiger partial charge in [0.2, 0.25) is 0 Å². The summed E-state index contributed by atoms with van der Waals surface area (Å²) in [5.41, 5.74) is 2.81. The monoisotopic (exact) mass is 270 g/mol. The molecule has 1 nitrogen and oxygen atoms in total. The molecule has 1 saturated heterocycles. The van der Waals surface area contributed by atoms with Crippen molar-refractivity contribution in [3.05, 3.63) is 35.4 Å². The number of piperidine rings is 1. The zero-order valence-electron chi connectivity index (χ0n) is 11.4. The van der Waals surface area contributed by atoms with Crippen LogP contribution in [0.3, 0.4) is 0 Å². The van der Waals surface area contributed by atoms with Gasteiger partial charge in [-0.05, 0) is 38.4 Å². The van der Waals surface area contributed by atoms with E-state index in [9.17, 15) is 0 Å². The maximum Gasteiger partial charge on any atom is 0.0233 e. The fraction of sp³-hybridized carbons (Fsp3) is 0.600. The fourth-order valence-electron chi connectivity index (χ4n) is 2.07. The van der Waals surface area contributed by atoms with Gasteiger partial charge in [-0.3, -0.25) is 4.90 Å². The normalized spacial score (nSPS) is 15.5. The maximum atomic E-state index is 2.56. The topological polar surface area (TPSA) is 3.24 Å². The van der Waals surface area contributed by atoms with Gasteiger partial charge in [-0.1, -0.05) is 50.1 Å². The molecule has 1 fully saturated rings. The molecule has 2 rings (SSSR count). The second kappa shape index (κ2) is 9.76. The van der Waals surface area contributed by atoms with Crippen LogP contribution in [-0.2, 0) is 25.1 Å². The summed E-state index contributed by atoms with van der Waals surface area (Å²) in [4.78, 5) is 2.56. The molecule has 95 valence electrons. The number of likely N-dealkylation sites (tertiary alicyclic amines) is 1. The number of nitrogens with zero attached hydrogens (tertiary/aromatic N) is 1. The van der Waals surface area contributed by atoms with Crippen LogP contribution in [0.4, 0.5) is 0 Å². The van der Waals surface area contributed by atoms with E-state index in [0.29, 0.717) is 0 Å². The van der Waals surface area contributed by atoms with Crippen LogP contribution in [0.15, 0.2) is 24.3 Å². The minimum atomic E-state index is 0. The van der Waals surface area contributed by atoms with E-state index in [1.165, 1.54) is 43.5 Å².